The zero-order valence-corrected chi connectivity index (χ0v) is 14.2. The van der Waals surface area contributed by atoms with Gasteiger partial charge in [0.1, 0.15) is 5.82 Å². The quantitative estimate of drug-likeness (QED) is 0.520. The molecule has 1 aromatic heterocycles. The number of pyridine rings is 1. The fourth-order valence-electron chi connectivity index (χ4n) is 3.11. The van der Waals surface area contributed by atoms with Gasteiger partial charge >= 0.3 is 0 Å². The van der Waals surface area contributed by atoms with Gasteiger partial charge in [-0.3, -0.25) is 9.69 Å². The minimum absolute atomic E-state index is 0.0581. The van der Waals surface area contributed by atoms with Crippen molar-refractivity contribution in [3.8, 4) is 0 Å². The molecular weight excluding hydrogens is 320 g/mol. The fraction of sp³-hybridized carbons (Fsp3) is 0.0435. The molecule has 0 saturated carbocycles. The Morgan fingerprint density at radius 1 is 0.769 bits per heavy atom. The fourth-order valence-corrected chi connectivity index (χ4v) is 3.11. The van der Waals surface area contributed by atoms with Crippen molar-refractivity contribution in [1.29, 1.82) is 0 Å². The van der Waals surface area contributed by atoms with E-state index in [0.29, 0.717) is 17.9 Å². The topological polar surface area (TPSA) is 33.2 Å². The van der Waals surface area contributed by atoms with Crippen LogP contribution < -0.4 is 4.90 Å². The van der Waals surface area contributed by atoms with Crippen LogP contribution in [-0.2, 0) is 6.54 Å². The summed E-state index contributed by atoms with van der Waals surface area (Å²) in [6.45, 7) is 0.464. The van der Waals surface area contributed by atoms with Gasteiger partial charge in [0.2, 0.25) is 0 Å². The van der Waals surface area contributed by atoms with E-state index in [9.17, 15) is 4.79 Å². The van der Waals surface area contributed by atoms with Crippen LogP contribution >= 0.6 is 0 Å². The standard InChI is InChI=1S/C23H18N2O/c26-23(19-10-2-1-3-11-19)25(22-15-6-7-16-24-22)17-20-13-8-12-18-9-4-5-14-21(18)20/h1-16H,17H2. The van der Waals surface area contributed by atoms with E-state index in [2.05, 4.69) is 29.2 Å². The molecule has 0 atom stereocenters. The van der Waals surface area contributed by atoms with Crippen LogP contribution in [0.4, 0.5) is 5.82 Å². The number of carbonyl (C=O) groups excluding carboxylic acids is 1. The highest BCUT2D eigenvalue weighted by molar-refractivity contribution is 6.05. The highest BCUT2D eigenvalue weighted by Gasteiger charge is 2.19. The summed E-state index contributed by atoms with van der Waals surface area (Å²) in [5.41, 5.74) is 1.75. The molecule has 0 spiro atoms. The van der Waals surface area contributed by atoms with Gasteiger partial charge in [-0.1, -0.05) is 66.7 Å². The van der Waals surface area contributed by atoms with Crippen molar-refractivity contribution in [2.75, 3.05) is 4.90 Å². The maximum absolute atomic E-state index is 13.2. The molecule has 1 heterocycles. The highest BCUT2D eigenvalue weighted by atomic mass is 16.2. The number of rotatable bonds is 4. The summed E-state index contributed by atoms with van der Waals surface area (Å²) in [4.78, 5) is 19.3. The lowest BCUT2D eigenvalue weighted by Crippen LogP contribution is -2.31. The monoisotopic (exact) mass is 338 g/mol. The maximum Gasteiger partial charge on any atom is 0.259 e. The van der Waals surface area contributed by atoms with Gasteiger partial charge < -0.3 is 0 Å². The van der Waals surface area contributed by atoms with Gasteiger partial charge in [0.05, 0.1) is 6.54 Å². The van der Waals surface area contributed by atoms with E-state index in [0.717, 1.165) is 16.3 Å². The third-order valence-corrected chi connectivity index (χ3v) is 4.40. The Morgan fingerprint density at radius 2 is 1.50 bits per heavy atom. The first-order chi connectivity index (χ1) is 12.8. The van der Waals surface area contributed by atoms with Crippen LogP contribution in [0.15, 0.2) is 97.2 Å². The number of fused-ring (bicyclic) bond motifs is 1. The Hall–Kier alpha value is -3.46. The van der Waals surface area contributed by atoms with Crippen LogP contribution in [0.2, 0.25) is 0 Å². The maximum atomic E-state index is 13.2. The van der Waals surface area contributed by atoms with E-state index in [-0.39, 0.29) is 5.91 Å². The molecule has 3 nitrogen and oxygen atoms in total. The van der Waals surface area contributed by atoms with Crippen LogP contribution in [0.3, 0.4) is 0 Å². The van der Waals surface area contributed by atoms with Crippen molar-refractivity contribution in [1.82, 2.24) is 4.98 Å². The van der Waals surface area contributed by atoms with Gasteiger partial charge in [-0.2, -0.15) is 0 Å². The van der Waals surface area contributed by atoms with Gasteiger partial charge in [0.25, 0.3) is 5.91 Å². The molecule has 0 aliphatic carbocycles. The largest absolute Gasteiger partial charge is 0.288 e. The number of carbonyl (C=O) groups is 1. The van der Waals surface area contributed by atoms with Gasteiger partial charge in [0, 0.05) is 11.8 Å². The second-order valence-electron chi connectivity index (χ2n) is 6.08. The Morgan fingerprint density at radius 3 is 2.31 bits per heavy atom. The molecule has 0 N–H and O–H groups in total. The molecule has 126 valence electrons. The summed E-state index contributed by atoms with van der Waals surface area (Å²) in [5, 5.41) is 2.31. The van der Waals surface area contributed by atoms with Crippen molar-refractivity contribution in [3.63, 3.8) is 0 Å². The Balaban J connectivity index is 1.77. The summed E-state index contributed by atoms with van der Waals surface area (Å²) in [5.74, 6) is 0.589. The molecule has 4 aromatic rings. The Labute approximate surface area is 152 Å². The molecule has 0 fully saturated rings. The van der Waals surface area contributed by atoms with E-state index in [1.54, 1.807) is 11.1 Å². The number of aromatic nitrogens is 1. The Bertz CT molecular complexity index is 1020. The summed E-state index contributed by atoms with van der Waals surface area (Å²) >= 11 is 0. The number of benzene rings is 3. The second kappa shape index (κ2) is 7.19. The molecule has 3 aromatic carbocycles. The average molecular weight is 338 g/mol. The smallest absolute Gasteiger partial charge is 0.259 e. The lowest BCUT2D eigenvalue weighted by atomic mass is 10.0. The van der Waals surface area contributed by atoms with Crippen LogP contribution in [0.5, 0.6) is 0 Å². The van der Waals surface area contributed by atoms with Crippen LogP contribution in [0.25, 0.3) is 10.8 Å². The SMILES string of the molecule is O=C(c1ccccc1)N(Cc1cccc2ccccc12)c1ccccn1. The zero-order valence-electron chi connectivity index (χ0n) is 14.2. The number of amides is 1. The van der Waals surface area contributed by atoms with Gasteiger partial charge in [-0.15, -0.1) is 0 Å². The van der Waals surface area contributed by atoms with Crippen molar-refractivity contribution in [3.05, 3.63) is 108 Å². The first-order valence-corrected chi connectivity index (χ1v) is 8.57. The summed E-state index contributed by atoms with van der Waals surface area (Å²) in [7, 11) is 0. The number of anilines is 1. The van der Waals surface area contributed by atoms with Gasteiger partial charge in [0.15, 0.2) is 0 Å². The van der Waals surface area contributed by atoms with Crippen molar-refractivity contribution in [2.45, 2.75) is 6.54 Å². The molecule has 1 amide bonds. The number of nitrogens with zero attached hydrogens (tertiary/aromatic N) is 2. The first kappa shape index (κ1) is 16.0. The normalized spacial score (nSPS) is 10.6. The molecule has 0 aliphatic rings. The van der Waals surface area contributed by atoms with E-state index < -0.39 is 0 Å². The first-order valence-electron chi connectivity index (χ1n) is 8.57. The van der Waals surface area contributed by atoms with Crippen molar-refractivity contribution < 1.29 is 4.79 Å². The number of hydrogen-bond donors (Lipinski definition) is 0. The minimum atomic E-state index is -0.0581. The molecule has 26 heavy (non-hydrogen) atoms. The predicted molar refractivity (Wildman–Crippen MR) is 105 cm³/mol. The molecule has 0 saturated heterocycles. The van der Waals surface area contributed by atoms with E-state index >= 15 is 0 Å². The van der Waals surface area contributed by atoms with E-state index in [1.807, 2.05) is 66.7 Å². The molecule has 0 unspecified atom stereocenters. The minimum Gasteiger partial charge on any atom is -0.288 e. The molecule has 0 bridgehead atoms. The number of hydrogen-bond acceptors (Lipinski definition) is 2. The molecular formula is C23H18N2O. The summed E-state index contributed by atoms with van der Waals surface area (Å²) in [6, 6.07) is 29.4. The lowest BCUT2D eigenvalue weighted by molar-refractivity contribution is 0.0984. The third-order valence-electron chi connectivity index (χ3n) is 4.40. The molecule has 3 heteroatoms. The lowest BCUT2D eigenvalue weighted by Gasteiger charge is -2.23. The summed E-state index contributed by atoms with van der Waals surface area (Å²) in [6.07, 6.45) is 1.71. The second-order valence-corrected chi connectivity index (χ2v) is 6.08. The van der Waals surface area contributed by atoms with Crippen molar-refractivity contribution in [2.24, 2.45) is 0 Å². The average Bonchev–Trinajstić information content (AvgIpc) is 2.73. The predicted octanol–water partition coefficient (Wildman–Crippen LogP) is 5.08. The van der Waals surface area contributed by atoms with Gasteiger partial charge in [-0.05, 0) is 40.6 Å². The Kier molecular flexibility index (Phi) is 4.44. The molecule has 0 aliphatic heterocycles. The molecule has 4 rings (SSSR count). The van der Waals surface area contributed by atoms with Crippen molar-refractivity contribution >= 4 is 22.5 Å². The van der Waals surface area contributed by atoms with Gasteiger partial charge in [-0.25, -0.2) is 4.98 Å². The van der Waals surface area contributed by atoms with Crippen LogP contribution in [0.1, 0.15) is 15.9 Å². The summed E-state index contributed by atoms with van der Waals surface area (Å²) < 4.78 is 0. The zero-order chi connectivity index (χ0) is 17.8. The van der Waals surface area contributed by atoms with E-state index in [1.165, 1.54) is 0 Å². The highest BCUT2D eigenvalue weighted by Crippen LogP contribution is 2.23. The van der Waals surface area contributed by atoms with E-state index in [4.69, 9.17) is 0 Å². The third kappa shape index (κ3) is 3.20. The van der Waals surface area contributed by atoms with Crippen LogP contribution in [0, 0.1) is 0 Å². The van der Waals surface area contributed by atoms with Crippen LogP contribution in [-0.4, -0.2) is 10.9 Å². The molecule has 0 radical (unpaired) electrons.